The summed E-state index contributed by atoms with van der Waals surface area (Å²) < 4.78 is 5.87. The van der Waals surface area contributed by atoms with E-state index in [-0.39, 0.29) is 30.1 Å². The summed E-state index contributed by atoms with van der Waals surface area (Å²) in [6, 6.07) is 0. The van der Waals surface area contributed by atoms with E-state index in [1.165, 1.54) is 6.42 Å². The molecule has 0 radical (unpaired) electrons. The molecule has 112 valence electrons. The molecule has 4 aliphatic carbocycles. The van der Waals surface area contributed by atoms with Crippen molar-refractivity contribution in [3.8, 4) is 0 Å². The van der Waals surface area contributed by atoms with Gasteiger partial charge in [0.1, 0.15) is 5.60 Å². The normalized spacial score (nSPS) is 42.0. The second-order valence-corrected chi connectivity index (χ2v) is 7.41. The zero-order chi connectivity index (χ0) is 14.5. The Kier molecular flexibility index (Phi) is 3.30. The molecule has 4 nitrogen and oxygen atoms in total. The lowest BCUT2D eigenvalue weighted by atomic mass is 9.49. The van der Waals surface area contributed by atoms with Gasteiger partial charge in [-0.2, -0.15) is 0 Å². The minimum atomic E-state index is -0.839. The van der Waals surface area contributed by atoms with Crippen LogP contribution in [-0.4, -0.2) is 22.6 Å². The molecule has 4 fully saturated rings. The van der Waals surface area contributed by atoms with E-state index in [4.69, 9.17) is 4.74 Å². The molecule has 0 aromatic rings. The maximum Gasteiger partial charge on any atom is 0.308 e. The number of aliphatic carboxylic acids is 1. The van der Waals surface area contributed by atoms with E-state index in [1.807, 2.05) is 13.8 Å². The summed E-state index contributed by atoms with van der Waals surface area (Å²) >= 11 is 0. The molecule has 0 aliphatic heterocycles. The fourth-order valence-electron chi connectivity index (χ4n) is 5.01. The topological polar surface area (TPSA) is 63.6 Å². The fraction of sp³-hybridized carbons (Fsp3) is 0.875. The van der Waals surface area contributed by atoms with E-state index >= 15 is 0 Å². The Balaban J connectivity index is 1.89. The summed E-state index contributed by atoms with van der Waals surface area (Å²) in [5.41, 5.74) is -0.722. The molecule has 4 rings (SSSR count). The Labute approximate surface area is 119 Å². The van der Waals surface area contributed by atoms with Gasteiger partial charge in [-0.25, -0.2) is 0 Å². The summed E-state index contributed by atoms with van der Waals surface area (Å²) in [6.07, 6.45) is 5.48. The first-order chi connectivity index (χ1) is 9.40. The van der Waals surface area contributed by atoms with E-state index in [2.05, 4.69) is 0 Å². The molecule has 4 saturated carbocycles. The van der Waals surface area contributed by atoms with Gasteiger partial charge >= 0.3 is 11.9 Å². The van der Waals surface area contributed by atoms with Gasteiger partial charge in [-0.05, 0) is 43.9 Å². The largest absolute Gasteiger partial charge is 0.481 e. The van der Waals surface area contributed by atoms with Gasteiger partial charge in [-0.15, -0.1) is 0 Å². The number of carbonyl (C=O) groups is 2. The molecular formula is C16H24O4. The summed E-state index contributed by atoms with van der Waals surface area (Å²) in [7, 11) is 0. The van der Waals surface area contributed by atoms with Gasteiger partial charge < -0.3 is 9.84 Å². The smallest absolute Gasteiger partial charge is 0.308 e. The predicted molar refractivity (Wildman–Crippen MR) is 73.0 cm³/mol. The van der Waals surface area contributed by atoms with Crippen LogP contribution in [0.3, 0.4) is 0 Å². The molecule has 0 saturated heterocycles. The summed E-state index contributed by atoms with van der Waals surface area (Å²) in [5, 5.41) is 9.32. The Morgan fingerprint density at radius 2 is 1.60 bits per heavy atom. The van der Waals surface area contributed by atoms with Crippen LogP contribution in [0, 0.1) is 29.6 Å². The second-order valence-electron chi connectivity index (χ2n) is 7.41. The van der Waals surface area contributed by atoms with Crippen LogP contribution in [-0.2, 0) is 14.3 Å². The van der Waals surface area contributed by atoms with Crippen LogP contribution in [0.4, 0.5) is 0 Å². The van der Waals surface area contributed by atoms with Crippen LogP contribution in [0.5, 0.6) is 0 Å². The van der Waals surface area contributed by atoms with Gasteiger partial charge in [0.25, 0.3) is 0 Å². The highest BCUT2D eigenvalue weighted by atomic mass is 16.6. The van der Waals surface area contributed by atoms with Crippen molar-refractivity contribution in [3.63, 3.8) is 0 Å². The van der Waals surface area contributed by atoms with Crippen molar-refractivity contribution in [1.29, 1.82) is 0 Å². The van der Waals surface area contributed by atoms with Gasteiger partial charge in [0.2, 0.25) is 0 Å². The molecule has 4 bridgehead atoms. The number of esters is 1. The Bertz CT molecular complexity index is 398. The van der Waals surface area contributed by atoms with Crippen molar-refractivity contribution in [3.05, 3.63) is 0 Å². The zero-order valence-electron chi connectivity index (χ0n) is 12.3. The highest BCUT2D eigenvalue weighted by Gasteiger charge is 2.60. The van der Waals surface area contributed by atoms with Crippen LogP contribution in [0.1, 0.15) is 52.4 Å². The molecule has 1 N–H and O–H groups in total. The highest BCUT2D eigenvalue weighted by molar-refractivity contribution is 5.74. The predicted octanol–water partition coefficient (Wildman–Crippen LogP) is 2.86. The Hall–Kier alpha value is -1.06. The standard InChI is InChI=1S/C16H24O4/c1-9(2)15(19)20-16(8-14(17)18)12-4-10-3-11(6-12)7-13(16)5-10/h9-13H,3-8H2,1-2H3,(H,17,18). The average Bonchev–Trinajstić information content (AvgIpc) is 2.33. The molecule has 0 atom stereocenters. The Morgan fingerprint density at radius 1 is 1.10 bits per heavy atom. The van der Waals surface area contributed by atoms with Gasteiger partial charge in [0.05, 0.1) is 12.3 Å². The first-order valence-corrected chi connectivity index (χ1v) is 7.85. The number of carboxylic acid groups (broad SMARTS) is 1. The van der Waals surface area contributed by atoms with E-state index in [0.717, 1.165) is 37.5 Å². The van der Waals surface area contributed by atoms with Crippen molar-refractivity contribution in [2.75, 3.05) is 0 Å². The van der Waals surface area contributed by atoms with E-state index in [9.17, 15) is 14.7 Å². The second kappa shape index (κ2) is 4.74. The molecule has 4 heteroatoms. The van der Waals surface area contributed by atoms with Crippen molar-refractivity contribution in [1.82, 2.24) is 0 Å². The van der Waals surface area contributed by atoms with Crippen molar-refractivity contribution in [2.45, 2.75) is 58.0 Å². The molecular weight excluding hydrogens is 256 g/mol. The average molecular weight is 280 g/mol. The lowest BCUT2D eigenvalue weighted by Gasteiger charge is -2.59. The van der Waals surface area contributed by atoms with Gasteiger partial charge in [0.15, 0.2) is 0 Å². The quantitative estimate of drug-likeness (QED) is 0.804. The number of hydrogen-bond acceptors (Lipinski definition) is 3. The number of carbonyl (C=O) groups excluding carboxylic acids is 1. The summed E-state index contributed by atoms with van der Waals surface area (Å²) in [5.74, 6) is 0.718. The van der Waals surface area contributed by atoms with E-state index < -0.39 is 11.6 Å². The third-order valence-corrected chi connectivity index (χ3v) is 5.71. The fourth-order valence-corrected chi connectivity index (χ4v) is 5.01. The maximum absolute atomic E-state index is 12.1. The molecule has 0 aromatic heterocycles. The summed E-state index contributed by atoms with van der Waals surface area (Å²) in [4.78, 5) is 23.5. The lowest BCUT2D eigenvalue weighted by Crippen LogP contribution is -2.60. The highest BCUT2D eigenvalue weighted by Crippen LogP contribution is 2.60. The molecule has 0 spiro atoms. The van der Waals surface area contributed by atoms with Crippen LogP contribution in [0.15, 0.2) is 0 Å². The van der Waals surface area contributed by atoms with Crippen LogP contribution in [0.2, 0.25) is 0 Å². The third kappa shape index (κ3) is 2.13. The Morgan fingerprint density at radius 3 is 2.00 bits per heavy atom. The van der Waals surface area contributed by atoms with Crippen molar-refractivity contribution < 1.29 is 19.4 Å². The van der Waals surface area contributed by atoms with Crippen molar-refractivity contribution >= 4 is 11.9 Å². The lowest BCUT2D eigenvalue weighted by molar-refractivity contribution is -0.216. The number of hydrogen-bond donors (Lipinski definition) is 1. The molecule has 0 aromatic carbocycles. The maximum atomic E-state index is 12.1. The molecule has 0 amide bonds. The van der Waals surface area contributed by atoms with Gasteiger partial charge in [-0.3, -0.25) is 9.59 Å². The minimum absolute atomic E-state index is 0.0137. The van der Waals surface area contributed by atoms with Crippen molar-refractivity contribution in [2.24, 2.45) is 29.6 Å². The molecule has 4 aliphatic rings. The van der Waals surface area contributed by atoms with Crippen LogP contribution < -0.4 is 0 Å². The molecule has 20 heavy (non-hydrogen) atoms. The van der Waals surface area contributed by atoms with E-state index in [1.54, 1.807) is 0 Å². The first kappa shape index (κ1) is 13.9. The van der Waals surface area contributed by atoms with Crippen LogP contribution >= 0.6 is 0 Å². The molecule has 0 unspecified atom stereocenters. The minimum Gasteiger partial charge on any atom is -0.481 e. The van der Waals surface area contributed by atoms with Gasteiger partial charge in [0, 0.05) is 11.8 Å². The van der Waals surface area contributed by atoms with E-state index in [0.29, 0.717) is 0 Å². The zero-order valence-corrected chi connectivity index (χ0v) is 12.3. The first-order valence-electron chi connectivity index (χ1n) is 7.85. The monoisotopic (exact) mass is 280 g/mol. The molecule has 0 heterocycles. The number of carboxylic acids is 1. The third-order valence-electron chi connectivity index (χ3n) is 5.71. The SMILES string of the molecule is CC(C)C(=O)OC1(CC(=O)O)C2CC3CC(C2)CC1C3. The summed E-state index contributed by atoms with van der Waals surface area (Å²) in [6.45, 7) is 3.62. The number of ether oxygens (including phenoxy) is 1. The van der Waals surface area contributed by atoms with Crippen LogP contribution in [0.25, 0.3) is 0 Å². The number of rotatable bonds is 4. The van der Waals surface area contributed by atoms with Gasteiger partial charge in [-0.1, -0.05) is 13.8 Å².